The number of benzene rings is 2. The number of aromatic carboxylic acids is 1. The number of amides is 1. The minimum atomic E-state index is -1.08. The monoisotopic (exact) mass is 452 g/mol. The summed E-state index contributed by atoms with van der Waals surface area (Å²) >= 11 is 6.53. The topological polar surface area (TPSA) is 88.8 Å². The zero-order chi connectivity index (χ0) is 22.1. The maximum absolute atomic E-state index is 13.1. The molecule has 9 heteroatoms. The lowest BCUT2D eigenvalue weighted by Gasteiger charge is -2.14. The number of hydrogen-bond acceptors (Lipinski definition) is 6. The van der Waals surface area contributed by atoms with E-state index in [1.807, 2.05) is 24.3 Å². The number of anilines is 1. The molecular weight excluding hydrogens is 436 g/mol. The number of thioether (sulfide) groups is 1. The number of nitrogens with zero attached hydrogens (tertiary/aromatic N) is 2. The Kier molecular flexibility index (Phi) is 5.62. The third kappa shape index (κ3) is 3.97. The highest BCUT2D eigenvalue weighted by Gasteiger charge is 2.33. The molecule has 0 saturated carbocycles. The van der Waals surface area contributed by atoms with Gasteiger partial charge in [-0.3, -0.25) is 14.5 Å². The van der Waals surface area contributed by atoms with Gasteiger partial charge in [0.1, 0.15) is 6.54 Å². The van der Waals surface area contributed by atoms with E-state index in [0.29, 0.717) is 14.9 Å². The van der Waals surface area contributed by atoms with Crippen molar-refractivity contribution in [2.75, 3.05) is 12.0 Å². The number of hydrogen-bond donors (Lipinski definition) is 1. The zero-order valence-electron chi connectivity index (χ0n) is 16.3. The number of para-hydroxylation sites is 1. The van der Waals surface area contributed by atoms with Gasteiger partial charge in [0.05, 0.1) is 23.3 Å². The first-order chi connectivity index (χ1) is 14.9. The minimum Gasteiger partial charge on any atom is -0.478 e. The van der Waals surface area contributed by atoms with E-state index in [-0.39, 0.29) is 24.0 Å². The molecule has 1 aromatic heterocycles. The van der Waals surface area contributed by atoms with Gasteiger partial charge in [-0.25, -0.2) is 4.79 Å². The first-order valence-electron chi connectivity index (χ1n) is 9.15. The quantitative estimate of drug-likeness (QED) is 0.357. The minimum absolute atomic E-state index is 0.0494. The summed E-state index contributed by atoms with van der Waals surface area (Å²) in [6.45, 7) is 0.0494. The molecule has 2 aromatic carbocycles. The molecule has 0 atom stereocenters. The average molecular weight is 453 g/mol. The van der Waals surface area contributed by atoms with Crippen molar-refractivity contribution in [1.29, 1.82) is 0 Å². The molecule has 2 heterocycles. The molecule has 1 N–H and O–H groups in total. The van der Waals surface area contributed by atoms with E-state index in [9.17, 15) is 19.5 Å². The van der Waals surface area contributed by atoms with Gasteiger partial charge >= 0.3 is 11.9 Å². The lowest BCUT2D eigenvalue weighted by molar-refractivity contribution is -0.141. The molecule has 0 bridgehead atoms. The Morgan fingerprint density at radius 1 is 1.19 bits per heavy atom. The van der Waals surface area contributed by atoms with Gasteiger partial charge in [-0.1, -0.05) is 48.2 Å². The summed E-state index contributed by atoms with van der Waals surface area (Å²) < 4.78 is 6.85. The van der Waals surface area contributed by atoms with Crippen LogP contribution in [0.25, 0.3) is 17.0 Å². The summed E-state index contributed by atoms with van der Waals surface area (Å²) in [5.41, 5.74) is 2.07. The molecule has 156 valence electrons. The Hall–Kier alpha value is -3.43. The highest BCUT2D eigenvalue weighted by Crippen LogP contribution is 2.37. The predicted molar refractivity (Wildman–Crippen MR) is 123 cm³/mol. The van der Waals surface area contributed by atoms with Crippen LogP contribution in [0, 0.1) is 0 Å². The number of rotatable bonds is 5. The van der Waals surface area contributed by atoms with Gasteiger partial charge in [0.2, 0.25) is 0 Å². The van der Waals surface area contributed by atoms with Crippen LogP contribution >= 0.6 is 24.0 Å². The van der Waals surface area contributed by atoms with E-state index in [1.54, 1.807) is 29.0 Å². The molecule has 7 nitrogen and oxygen atoms in total. The number of fused-ring (bicyclic) bond motifs is 1. The Morgan fingerprint density at radius 3 is 2.71 bits per heavy atom. The van der Waals surface area contributed by atoms with Crippen LogP contribution in [0.4, 0.5) is 5.69 Å². The first kappa shape index (κ1) is 20.8. The van der Waals surface area contributed by atoms with Gasteiger partial charge in [-0.05, 0) is 30.3 Å². The third-order valence-corrected chi connectivity index (χ3v) is 6.08. The lowest BCUT2D eigenvalue weighted by atomic mass is 10.1. The molecule has 1 saturated heterocycles. The number of aromatic nitrogens is 1. The number of methoxy groups -OCH3 is 1. The van der Waals surface area contributed by atoms with Crippen molar-refractivity contribution in [3.8, 4) is 0 Å². The second-order valence-corrected chi connectivity index (χ2v) is 8.35. The van der Waals surface area contributed by atoms with Crippen LogP contribution in [0.3, 0.4) is 0 Å². The van der Waals surface area contributed by atoms with Crippen molar-refractivity contribution in [2.45, 2.75) is 6.54 Å². The number of thiocarbonyl (C=S) groups is 1. The second kappa shape index (κ2) is 8.37. The van der Waals surface area contributed by atoms with Crippen LogP contribution in [0.5, 0.6) is 0 Å². The van der Waals surface area contributed by atoms with Crippen LogP contribution in [0.1, 0.15) is 15.9 Å². The second-order valence-electron chi connectivity index (χ2n) is 6.68. The summed E-state index contributed by atoms with van der Waals surface area (Å²) in [6.07, 6.45) is 3.52. The van der Waals surface area contributed by atoms with Crippen molar-refractivity contribution in [2.24, 2.45) is 0 Å². The fourth-order valence-corrected chi connectivity index (χ4v) is 4.62. The van der Waals surface area contributed by atoms with E-state index in [0.717, 1.165) is 28.2 Å². The van der Waals surface area contributed by atoms with E-state index in [2.05, 4.69) is 0 Å². The van der Waals surface area contributed by atoms with E-state index < -0.39 is 5.97 Å². The van der Waals surface area contributed by atoms with Crippen molar-refractivity contribution in [3.63, 3.8) is 0 Å². The van der Waals surface area contributed by atoms with Gasteiger partial charge in [0.25, 0.3) is 5.91 Å². The Morgan fingerprint density at radius 2 is 1.97 bits per heavy atom. The van der Waals surface area contributed by atoms with Crippen molar-refractivity contribution in [3.05, 3.63) is 70.8 Å². The Balaban J connectivity index is 1.72. The van der Waals surface area contributed by atoms with Crippen LogP contribution < -0.4 is 4.90 Å². The third-order valence-electron chi connectivity index (χ3n) is 4.78. The molecule has 4 rings (SSSR count). The molecule has 0 radical (unpaired) electrons. The normalized spacial score (nSPS) is 15.1. The van der Waals surface area contributed by atoms with E-state index in [1.165, 1.54) is 24.1 Å². The summed E-state index contributed by atoms with van der Waals surface area (Å²) in [4.78, 5) is 37.9. The van der Waals surface area contributed by atoms with E-state index >= 15 is 0 Å². The van der Waals surface area contributed by atoms with Crippen molar-refractivity contribution in [1.82, 2.24) is 4.57 Å². The number of carbonyl (C=O) groups excluding carboxylic acids is 2. The fraction of sp³-hybridized carbons (Fsp3) is 0.0909. The fourth-order valence-electron chi connectivity index (χ4n) is 3.33. The SMILES string of the molecule is COC(=O)Cn1cc(/C=C2/SC(=S)N(c3cccc(C(=O)O)c3)C2=O)c2ccccc21. The summed E-state index contributed by atoms with van der Waals surface area (Å²) in [7, 11) is 1.33. The van der Waals surface area contributed by atoms with Crippen LogP contribution in [-0.4, -0.2) is 38.9 Å². The molecule has 1 amide bonds. The molecule has 0 unspecified atom stereocenters. The smallest absolute Gasteiger partial charge is 0.335 e. The number of ether oxygens (including phenoxy) is 1. The highest BCUT2D eigenvalue weighted by molar-refractivity contribution is 8.27. The molecule has 1 fully saturated rings. The summed E-state index contributed by atoms with van der Waals surface area (Å²) in [5, 5.41) is 10.1. The molecule has 1 aliphatic heterocycles. The zero-order valence-corrected chi connectivity index (χ0v) is 17.9. The number of carboxylic acids is 1. The maximum Gasteiger partial charge on any atom is 0.335 e. The predicted octanol–water partition coefficient (Wildman–Crippen LogP) is 3.92. The van der Waals surface area contributed by atoms with Gasteiger partial charge in [0, 0.05) is 22.7 Å². The van der Waals surface area contributed by atoms with Crippen LogP contribution in [-0.2, 0) is 20.9 Å². The van der Waals surface area contributed by atoms with E-state index in [4.69, 9.17) is 17.0 Å². The Bertz CT molecular complexity index is 1280. The van der Waals surface area contributed by atoms with Gasteiger partial charge < -0.3 is 14.4 Å². The van der Waals surface area contributed by atoms with Crippen LogP contribution in [0.2, 0.25) is 0 Å². The van der Waals surface area contributed by atoms with Gasteiger partial charge in [-0.2, -0.15) is 0 Å². The molecular formula is C22H16N2O5S2. The van der Waals surface area contributed by atoms with Crippen molar-refractivity contribution < 1.29 is 24.2 Å². The highest BCUT2D eigenvalue weighted by atomic mass is 32.2. The number of carbonyl (C=O) groups is 3. The standard InChI is InChI=1S/C22H16N2O5S2/c1-29-19(25)12-23-11-14(16-7-2-3-8-17(16)23)10-18-20(26)24(22(30)31-18)15-6-4-5-13(9-15)21(27)28/h2-11H,12H2,1H3,(H,27,28)/b18-10+. The van der Waals surface area contributed by atoms with Gasteiger partial charge in [-0.15, -0.1) is 0 Å². The maximum atomic E-state index is 13.1. The summed E-state index contributed by atoms with van der Waals surface area (Å²) in [5.74, 6) is -1.79. The lowest BCUT2D eigenvalue weighted by Crippen LogP contribution is -2.27. The van der Waals surface area contributed by atoms with Crippen LogP contribution in [0.15, 0.2) is 59.6 Å². The molecule has 0 aliphatic carbocycles. The Labute approximate surface area is 186 Å². The molecule has 0 spiro atoms. The summed E-state index contributed by atoms with van der Waals surface area (Å²) in [6, 6.07) is 13.6. The van der Waals surface area contributed by atoms with Crippen molar-refractivity contribution >= 4 is 68.8 Å². The number of carboxylic acid groups (broad SMARTS) is 1. The van der Waals surface area contributed by atoms with Gasteiger partial charge in [0.15, 0.2) is 4.32 Å². The molecule has 31 heavy (non-hydrogen) atoms. The molecule has 1 aliphatic rings. The molecule has 3 aromatic rings. The first-order valence-corrected chi connectivity index (χ1v) is 10.4. The largest absolute Gasteiger partial charge is 0.478 e. The number of esters is 1. The average Bonchev–Trinajstić information content (AvgIpc) is 3.24.